The van der Waals surface area contributed by atoms with Crippen LogP contribution in [0.5, 0.6) is 5.75 Å². The van der Waals surface area contributed by atoms with Crippen LogP contribution >= 0.6 is 11.6 Å². The molecule has 9 nitrogen and oxygen atoms in total. The Bertz CT molecular complexity index is 1800. The lowest BCUT2D eigenvalue weighted by atomic mass is 9.92. The molecule has 0 bridgehead atoms. The lowest BCUT2D eigenvalue weighted by molar-refractivity contribution is -0.120. The highest BCUT2D eigenvalue weighted by Crippen LogP contribution is 2.38. The Morgan fingerprint density at radius 1 is 1.26 bits per heavy atom. The van der Waals surface area contributed by atoms with E-state index in [1.807, 2.05) is 0 Å². The summed E-state index contributed by atoms with van der Waals surface area (Å²) >= 11 is 6.63. The summed E-state index contributed by atoms with van der Waals surface area (Å²) in [4.78, 5) is 34.3. The third kappa shape index (κ3) is 5.14. The van der Waals surface area contributed by atoms with Crippen LogP contribution in [0.2, 0.25) is 5.02 Å². The number of aliphatic imine (C=N–C) groups is 1. The van der Waals surface area contributed by atoms with Gasteiger partial charge in [0.1, 0.15) is 28.4 Å². The highest BCUT2D eigenvalue weighted by Gasteiger charge is 2.32. The molecule has 1 N–H and O–H groups in total. The van der Waals surface area contributed by atoms with Crippen molar-refractivity contribution in [2.45, 2.75) is 70.9 Å². The first-order valence-corrected chi connectivity index (χ1v) is 14.2. The number of pyridine rings is 2. The van der Waals surface area contributed by atoms with Gasteiger partial charge in [-0.3, -0.25) is 24.1 Å². The van der Waals surface area contributed by atoms with Gasteiger partial charge in [-0.2, -0.15) is 5.10 Å². The van der Waals surface area contributed by atoms with Gasteiger partial charge in [-0.25, -0.2) is 13.5 Å². The number of hydrogen-bond donors (Lipinski definition) is 1. The maximum atomic E-state index is 15.0. The van der Waals surface area contributed by atoms with Crippen molar-refractivity contribution in [1.82, 2.24) is 24.6 Å². The summed E-state index contributed by atoms with van der Waals surface area (Å²) in [5.74, 6) is -1.24. The topological polar surface area (TPSA) is 103 Å². The second-order valence-corrected chi connectivity index (χ2v) is 11.7. The molecule has 1 unspecified atom stereocenters. The molecule has 3 aromatic heterocycles. The Balaban J connectivity index is 1.38. The second-order valence-electron chi connectivity index (χ2n) is 11.3. The average Bonchev–Trinajstić information content (AvgIpc) is 3.44. The van der Waals surface area contributed by atoms with Gasteiger partial charge in [0.25, 0.3) is 5.56 Å². The summed E-state index contributed by atoms with van der Waals surface area (Å²) in [7, 11) is 0. The summed E-state index contributed by atoms with van der Waals surface area (Å²) in [5.41, 5.74) is 0.158. The molecule has 5 heterocycles. The number of halogens is 3. The van der Waals surface area contributed by atoms with Crippen molar-refractivity contribution in [2.24, 2.45) is 10.9 Å². The standard InChI is InChI=1S/C30H31ClF2N6O3/c1-16(40)36-30(2,3)28-21(33)15-38(37-28)25-12-22-18(13-34-25)6-4-5-7-20-11-24(26(31)29(41)39(20)22)42-23-9-8-17-10-19(32)14-35-27(17)23/h10-12,14-15,18,23H,4-9,13H2,1-3H3,(H,36,40)/t18-,23?/m0/s1/i8D2. The summed E-state index contributed by atoms with van der Waals surface area (Å²) < 4.78 is 54.6. The monoisotopic (exact) mass is 598 g/mol. The van der Waals surface area contributed by atoms with Crippen LogP contribution in [0.1, 0.15) is 77.9 Å². The van der Waals surface area contributed by atoms with Crippen molar-refractivity contribution in [3.8, 4) is 5.75 Å². The zero-order chi connectivity index (χ0) is 31.6. The molecule has 1 aliphatic carbocycles. The number of ether oxygens (including phenoxy) is 1. The molecule has 0 saturated heterocycles. The predicted molar refractivity (Wildman–Crippen MR) is 154 cm³/mol. The van der Waals surface area contributed by atoms with Gasteiger partial charge >= 0.3 is 0 Å². The first kappa shape index (κ1) is 25.8. The maximum Gasteiger partial charge on any atom is 0.277 e. The molecule has 3 aromatic rings. The number of carbonyl (C=O) groups is 1. The van der Waals surface area contributed by atoms with Crippen molar-refractivity contribution in [3.63, 3.8) is 0 Å². The van der Waals surface area contributed by atoms with Crippen LogP contribution < -0.4 is 15.6 Å². The van der Waals surface area contributed by atoms with Crippen molar-refractivity contribution in [2.75, 3.05) is 6.54 Å². The van der Waals surface area contributed by atoms with Gasteiger partial charge in [-0.1, -0.05) is 18.0 Å². The molecule has 2 atom stereocenters. The highest BCUT2D eigenvalue weighted by molar-refractivity contribution is 6.31. The molecule has 12 heteroatoms. The number of aromatic nitrogens is 4. The molecule has 2 aliphatic heterocycles. The molecular formula is C30H31ClF2N6O3. The maximum absolute atomic E-state index is 15.0. The summed E-state index contributed by atoms with van der Waals surface area (Å²) in [6, 6.07) is 2.81. The van der Waals surface area contributed by atoms with Crippen LogP contribution in [-0.2, 0) is 23.1 Å². The molecule has 0 saturated carbocycles. The van der Waals surface area contributed by atoms with E-state index in [1.165, 1.54) is 17.8 Å². The van der Waals surface area contributed by atoms with Gasteiger partial charge in [0.2, 0.25) is 5.91 Å². The Morgan fingerprint density at radius 2 is 2.07 bits per heavy atom. The van der Waals surface area contributed by atoms with E-state index in [4.69, 9.17) is 19.1 Å². The van der Waals surface area contributed by atoms with Crippen LogP contribution in [0, 0.1) is 17.6 Å². The third-order valence-corrected chi connectivity index (χ3v) is 8.12. The number of nitrogens with zero attached hydrogens (tertiary/aromatic N) is 5. The van der Waals surface area contributed by atoms with Crippen LogP contribution in [0.15, 0.2) is 40.4 Å². The van der Waals surface area contributed by atoms with E-state index in [9.17, 15) is 14.0 Å². The molecule has 0 radical (unpaired) electrons. The SMILES string of the molecule is [2H]C1([2H])CC(Oc2cc3n(c(=O)c2Cl)C2=CC(n4cc(F)c(C(C)(C)NC(C)=O)n4)=NC[C@@H]2CCCC3)c2ncc(F)cc21. The number of carbonyl (C=O) groups excluding carboxylic acids is 1. The Morgan fingerprint density at radius 3 is 2.86 bits per heavy atom. The smallest absolute Gasteiger partial charge is 0.277 e. The molecule has 6 rings (SSSR count). The van der Waals surface area contributed by atoms with Gasteiger partial charge in [0.15, 0.2) is 11.7 Å². The van der Waals surface area contributed by atoms with Crippen molar-refractivity contribution in [3.05, 3.63) is 80.3 Å². The van der Waals surface area contributed by atoms with Crippen LogP contribution in [0.25, 0.3) is 5.70 Å². The largest absolute Gasteiger partial charge is 0.482 e. The quantitative estimate of drug-likeness (QED) is 0.458. The Hall–Kier alpha value is -3.86. The molecule has 0 aromatic carbocycles. The number of rotatable bonds is 4. The Kier molecular flexibility index (Phi) is 6.62. The summed E-state index contributed by atoms with van der Waals surface area (Å²) in [6.07, 6.45) is 4.12. The lowest BCUT2D eigenvalue weighted by Crippen LogP contribution is -2.40. The predicted octanol–water partition coefficient (Wildman–Crippen LogP) is 4.95. The molecule has 3 aliphatic rings. The second kappa shape index (κ2) is 10.8. The Labute approximate surface area is 249 Å². The lowest BCUT2D eigenvalue weighted by Gasteiger charge is -2.29. The minimum atomic E-state index is -1.86. The van der Waals surface area contributed by atoms with Crippen molar-refractivity contribution < 1.29 is 21.1 Å². The number of dihydropyridines is 1. The normalized spacial score (nSPS) is 21.9. The van der Waals surface area contributed by atoms with E-state index in [2.05, 4.69) is 20.4 Å². The van der Waals surface area contributed by atoms with E-state index in [-0.39, 0.29) is 46.0 Å². The van der Waals surface area contributed by atoms with Crippen LogP contribution in [-0.4, -0.2) is 37.6 Å². The van der Waals surface area contributed by atoms with Crippen molar-refractivity contribution in [1.29, 1.82) is 0 Å². The van der Waals surface area contributed by atoms with Gasteiger partial charge in [0, 0.05) is 45.7 Å². The van der Waals surface area contributed by atoms with Crippen LogP contribution in [0.3, 0.4) is 0 Å². The van der Waals surface area contributed by atoms with Gasteiger partial charge in [-0.05, 0) is 57.5 Å². The van der Waals surface area contributed by atoms with E-state index in [0.717, 1.165) is 31.5 Å². The van der Waals surface area contributed by atoms with E-state index < -0.39 is 35.2 Å². The number of amides is 1. The van der Waals surface area contributed by atoms with E-state index in [0.29, 0.717) is 30.2 Å². The van der Waals surface area contributed by atoms with E-state index in [1.54, 1.807) is 30.6 Å². The van der Waals surface area contributed by atoms with Crippen molar-refractivity contribution >= 4 is 29.0 Å². The molecule has 42 heavy (non-hydrogen) atoms. The fraction of sp³-hybridized carbons (Fsp3) is 0.433. The zero-order valence-corrected chi connectivity index (χ0v) is 24.1. The summed E-state index contributed by atoms with van der Waals surface area (Å²) in [6.45, 7) is 5.01. The van der Waals surface area contributed by atoms with Gasteiger partial charge < -0.3 is 10.1 Å². The third-order valence-electron chi connectivity index (χ3n) is 7.78. The van der Waals surface area contributed by atoms with E-state index >= 15 is 4.39 Å². The number of fused-ring (bicyclic) bond motifs is 4. The number of aryl methyl sites for hydroxylation is 2. The highest BCUT2D eigenvalue weighted by atomic mass is 35.5. The first-order valence-electron chi connectivity index (χ1n) is 14.8. The minimum absolute atomic E-state index is 0.0473. The molecule has 0 spiro atoms. The average molecular weight is 599 g/mol. The summed E-state index contributed by atoms with van der Waals surface area (Å²) in [5, 5.41) is 6.92. The first-order chi connectivity index (χ1) is 20.7. The van der Waals surface area contributed by atoms with Crippen LogP contribution in [0.4, 0.5) is 8.78 Å². The number of hydrogen-bond acceptors (Lipinski definition) is 6. The molecular weight excluding hydrogens is 566 g/mol. The number of nitrogens with one attached hydrogen (secondary N) is 1. The minimum Gasteiger partial charge on any atom is -0.482 e. The van der Waals surface area contributed by atoms with Gasteiger partial charge in [0.05, 0.1) is 23.6 Å². The number of allylic oxidation sites excluding steroid dienone is 1. The fourth-order valence-electron chi connectivity index (χ4n) is 5.87. The molecule has 1 amide bonds. The molecule has 0 fully saturated rings. The molecule has 220 valence electrons. The van der Waals surface area contributed by atoms with Gasteiger partial charge in [-0.15, -0.1) is 0 Å². The fourth-order valence-corrected chi connectivity index (χ4v) is 6.06. The zero-order valence-electron chi connectivity index (χ0n) is 25.4.